The van der Waals surface area contributed by atoms with Crippen molar-refractivity contribution in [3.8, 4) is 0 Å². The standard InChI is InChI=1S/C17H30N2/c1-6-8-15(4)19(5)13-17-10-7-9-16(11-17)12-18-14(2)3/h7,9-11,14-15,18H,6,8,12-13H2,1-5H3. The zero-order chi connectivity index (χ0) is 14.3. The predicted molar refractivity (Wildman–Crippen MR) is 84.3 cm³/mol. The van der Waals surface area contributed by atoms with Gasteiger partial charge in [-0.15, -0.1) is 0 Å². The van der Waals surface area contributed by atoms with Gasteiger partial charge in [0.05, 0.1) is 0 Å². The maximum Gasteiger partial charge on any atom is 0.0233 e. The van der Waals surface area contributed by atoms with Crippen LogP contribution in [0.3, 0.4) is 0 Å². The van der Waals surface area contributed by atoms with Crippen LogP contribution in [-0.2, 0) is 13.1 Å². The Morgan fingerprint density at radius 1 is 1.16 bits per heavy atom. The Kier molecular flexibility index (Phi) is 7.11. The molecule has 1 aromatic rings. The van der Waals surface area contributed by atoms with E-state index in [2.05, 4.69) is 69.2 Å². The van der Waals surface area contributed by atoms with Gasteiger partial charge in [-0.05, 0) is 31.5 Å². The molecule has 1 N–H and O–H groups in total. The third-order valence-electron chi connectivity index (χ3n) is 3.60. The van der Waals surface area contributed by atoms with Crippen LogP contribution >= 0.6 is 0 Å². The molecule has 0 radical (unpaired) electrons. The molecule has 2 nitrogen and oxygen atoms in total. The van der Waals surface area contributed by atoms with Crippen molar-refractivity contribution < 1.29 is 0 Å². The smallest absolute Gasteiger partial charge is 0.0233 e. The van der Waals surface area contributed by atoms with E-state index in [0.717, 1.165) is 13.1 Å². The van der Waals surface area contributed by atoms with Gasteiger partial charge in [-0.1, -0.05) is 51.5 Å². The van der Waals surface area contributed by atoms with Crippen molar-refractivity contribution in [1.29, 1.82) is 0 Å². The zero-order valence-corrected chi connectivity index (χ0v) is 13.2. The summed E-state index contributed by atoms with van der Waals surface area (Å²) in [5.74, 6) is 0. The van der Waals surface area contributed by atoms with Crippen molar-refractivity contribution >= 4 is 0 Å². The van der Waals surface area contributed by atoms with Crippen molar-refractivity contribution in [3.63, 3.8) is 0 Å². The van der Waals surface area contributed by atoms with E-state index in [9.17, 15) is 0 Å². The molecule has 0 aliphatic heterocycles. The van der Waals surface area contributed by atoms with E-state index in [1.807, 2.05) is 0 Å². The van der Waals surface area contributed by atoms with Gasteiger partial charge in [0.15, 0.2) is 0 Å². The highest BCUT2D eigenvalue weighted by Crippen LogP contribution is 2.12. The van der Waals surface area contributed by atoms with Crippen LogP contribution in [0.4, 0.5) is 0 Å². The number of hydrogen-bond acceptors (Lipinski definition) is 2. The molecule has 0 saturated carbocycles. The van der Waals surface area contributed by atoms with Crippen LogP contribution in [0.25, 0.3) is 0 Å². The molecule has 1 aromatic carbocycles. The summed E-state index contributed by atoms with van der Waals surface area (Å²) in [7, 11) is 2.22. The Labute approximate surface area is 119 Å². The van der Waals surface area contributed by atoms with Gasteiger partial charge >= 0.3 is 0 Å². The van der Waals surface area contributed by atoms with Gasteiger partial charge in [0, 0.05) is 25.2 Å². The van der Waals surface area contributed by atoms with Crippen LogP contribution in [0.15, 0.2) is 24.3 Å². The van der Waals surface area contributed by atoms with Crippen LogP contribution in [0.1, 0.15) is 51.7 Å². The van der Waals surface area contributed by atoms with Crippen LogP contribution in [-0.4, -0.2) is 24.0 Å². The van der Waals surface area contributed by atoms with Crippen LogP contribution in [0.5, 0.6) is 0 Å². The molecule has 1 rings (SSSR count). The Hall–Kier alpha value is -0.860. The average molecular weight is 262 g/mol. The third-order valence-corrected chi connectivity index (χ3v) is 3.60. The summed E-state index contributed by atoms with van der Waals surface area (Å²) in [6.45, 7) is 10.9. The second-order valence-corrected chi connectivity index (χ2v) is 5.91. The fourth-order valence-corrected chi connectivity index (χ4v) is 2.24. The van der Waals surface area contributed by atoms with Gasteiger partial charge in [0.2, 0.25) is 0 Å². The number of hydrogen-bond donors (Lipinski definition) is 1. The summed E-state index contributed by atoms with van der Waals surface area (Å²) in [6, 6.07) is 10.1. The molecule has 0 fully saturated rings. The Bertz CT molecular complexity index is 360. The van der Waals surface area contributed by atoms with Crippen molar-refractivity contribution in [2.45, 2.75) is 65.7 Å². The van der Waals surface area contributed by atoms with E-state index in [-0.39, 0.29) is 0 Å². The second kappa shape index (κ2) is 8.34. The molecule has 0 aromatic heterocycles. The van der Waals surface area contributed by atoms with Gasteiger partial charge in [-0.25, -0.2) is 0 Å². The summed E-state index contributed by atoms with van der Waals surface area (Å²) in [5, 5.41) is 3.47. The number of rotatable bonds is 8. The molecule has 19 heavy (non-hydrogen) atoms. The van der Waals surface area contributed by atoms with E-state index >= 15 is 0 Å². The van der Waals surface area contributed by atoms with Crippen molar-refractivity contribution in [2.24, 2.45) is 0 Å². The highest BCUT2D eigenvalue weighted by atomic mass is 15.1. The fraction of sp³-hybridized carbons (Fsp3) is 0.647. The lowest BCUT2D eigenvalue weighted by Gasteiger charge is -2.24. The minimum absolute atomic E-state index is 0.538. The van der Waals surface area contributed by atoms with Crippen LogP contribution in [0.2, 0.25) is 0 Å². The predicted octanol–water partition coefficient (Wildman–Crippen LogP) is 3.81. The first-order valence-electron chi connectivity index (χ1n) is 7.54. The van der Waals surface area contributed by atoms with E-state index < -0.39 is 0 Å². The van der Waals surface area contributed by atoms with E-state index in [4.69, 9.17) is 0 Å². The Morgan fingerprint density at radius 3 is 2.47 bits per heavy atom. The third kappa shape index (κ3) is 6.22. The molecule has 0 aliphatic carbocycles. The monoisotopic (exact) mass is 262 g/mol. The topological polar surface area (TPSA) is 15.3 Å². The Morgan fingerprint density at radius 2 is 1.84 bits per heavy atom. The molecule has 0 heterocycles. The summed E-state index contributed by atoms with van der Waals surface area (Å²) < 4.78 is 0. The summed E-state index contributed by atoms with van der Waals surface area (Å²) in [4.78, 5) is 2.44. The maximum absolute atomic E-state index is 3.47. The highest BCUT2D eigenvalue weighted by Gasteiger charge is 2.08. The SMILES string of the molecule is CCCC(C)N(C)Cc1cccc(CNC(C)C)c1. The van der Waals surface area contributed by atoms with Crippen LogP contribution in [0, 0.1) is 0 Å². The van der Waals surface area contributed by atoms with Crippen molar-refractivity contribution in [1.82, 2.24) is 10.2 Å². The molecule has 0 spiro atoms. The molecule has 2 heteroatoms. The molecule has 0 bridgehead atoms. The van der Waals surface area contributed by atoms with Gasteiger partial charge in [-0.2, -0.15) is 0 Å². The molecule has 0 aliphatic rings. The minimum atomic E-state index is 0.538. The van der Waals surface area contributed by atoms with Crippen molar-refractivity contribution in [2.75, 3.05) is 7.05 Å². The minimum Gasteiger partial charge on any atom is -0.310 e. The van der Waals surface area contributed by atoms with Crippen molar-refractivity contribution in [3.05, 3.63) is 35.4 Å². The summed E-state index contributed by atoms with van der Waals surface area (Å²) >= 11 is 0. The normalized spacial score (nSPS) is 13.2. The molecule has 0 saturated heterocycles. The first-order valence-corrected chi connectivity index (χ1v) is 7.54. The number of benzene rings is 1. The quantitative estimate of drug-likeness (QED) is 0.766. The molecular formula is C17H30N2. The van der Waals surface area contributed by atoms with E-state index in [1.165, 1.54) is 24.0 Å². The molecular weight excluding hydrogens is 232 g/mol. The fourth-order valence-electron chi connectivity index (χ4n) is 2.24. The van der Waals surface area contributed by atoms with Gasteiger partial charge in [0.25, 0.3) is 0 Å². The first kappa shape index (κ1) is 16.2. The zero-order valence-electron chi connectivity index (χ0n) is 13.2. The van der Waals surface area contributed by atoms with Gasteiger partial charge in [0.1, 0.15) is 0 Å². The Balaban J connectivity index is 2.56. The van der Waals surface area contributed by atoms with E-state index in [0.29, 0.717) is 12.1 Å². The first-order chi connectivity index (χ1) is 9.02. The average Bonchev–Trinajstić information content (AvgIpc) is 2.37. The number of nitrogens with one attached hydrogen (secondary N) is 1. The van der Waals surface area contributed by atoms with Gasteiger partial charge < -0.3 is 5.32 Å². The summed E-state index contributed by atoms with van der Waals surface area (Å²) in [5.41, 5.74) is 2.79. The molecule has 1 unspecified atom stereocenters. The molecule has 108 valence electrons. The van der Waals surface area contributed by atoms with Gasteiger partial charge in [-0.3, -0.25) is 4.90 Å². The second-order valence-electron chi connectivity index (χ2n) is 5.91. The molecule has 0 amide bonds. The maximum atomic E-state index is 3.47. The summed E-state index contributed by atoms with van der Waals surface area (Å²) in [6.07, 6.45) is 2.52. The lowest BCUT2D eigenvalue weighted by Crippen LogP contribution is -2.28. The molecule has 1 atom stereocenters. The van der Waals surface area contributed by atoms with E-state index in [1.54, 1.807) is 0 Å². The lowest BCUT2D eigenvalue weighted by molar-refractivity contribution is 0.237. The number of nitrogens with zero attached hydrogens (tertiary/aromatic N) is 1. The largest absolute Gasteiger partial charge is 0.310 e. The van der Waals surface area contributed by atoms with Crippen LogP contribution < -0.4 is 5.32 Å². The lowest BCUT2D eigenvalue weighted by atomic mass is 10.1. The highest BCUT2D eigenvalue weighted by molar-refractivity contribution is 5.23.